The highest BCUT2D eigenvalue weighted by Gasteiger charge is 2.20. The van der Waals surface area contributed by atoms with Gasteiger partial charge in [0.25, 0.3) is 10.2 Å². The van der Waals surface area contributed by atoms with E-state index in [0.717, 1.165) is 0 Å². The second-order valence-corrected chi connectivity index (χ2v) is 6.47. The van der Waals surface area contributed by atoms with Crippen LogP contribution in [0.3, 0.4) is 0 Å². The van der Waals surface area contributed by atoms with Crippen molar-refractivity contribution in [1.82, 2.24) is 4.72 Å². The van der Waals surface area contributed by atoms with Crippen LogP contribution >= 0.6 is 11.6 Å². The van der Waals surface area contributed by atoms with Crippen LogP contribution in [-0.4, -0.2) is 19.1 Å². The molecule has 0 aliphatic carbocycles. The first-order chi connectivity index (χ1) is 7.59. The predicted molar refractivity (Wildman–Crippen MR) is 68.5 cm³/mol. The number of nitrogens with one attached hydrogen (secondary N) is 2. The van der Waals surface area contributed by atoms with Gasteiger partial charge in [-0.05, 0) is 32.9 Å². The Bertz CT molecular complexity index is 509. The van der Waals surface area contributed by atoms with Crippen molar-refractivity contribution in [1.29, 1.82) is 0 Å². The summed E-state index contributed by atoms with van der Waals surface area (Å²) in [6.45, 7) is 5.15. The zero-order valence-corrected chi connectivity index (χ0v) is 11.4. The summed E-state index contributed by atoms with van der Waals surface area (Å²) in [4.78, 5) is 0. The molecule has 17 heavy (non-hydrogen) atoms. The molecule has 7 heteroatoms. The minimum absolute atomic E-state index is 0.0751. The van der Waals surface area contributed by atoms with E-state index in [1.807, 2.05) is 0 Å². The molecule has 0 radical (unpaired) electrons. The summed E-state index contributed by atoms with van der Waals surface area (Å²) in [7, 11) is -3.73. The summed E-state index contributed by atoms with van der Waals surface area (Å²) in [5.41, 5.74) is -0.528. The average molecular weight is 279 g/mol. The Morgan fingerprint density at radius 2 is 1.88 bits per heavy atom. The van der Waals surface area contributed by atoms with Crippen LogP contribution in [0.2, 0.25) is 5.02 Å². The molecule has 0 bridgehead atoms. The lowest BCUT2D eigenvalue weighted by Gasteiger charge is -2.21. The third kappa shape index (κ3) is 4.80. The van der Waals surface area contributed by atoms with Crippen LogP contribution in [0.15, 0.2) is 18.2 Å². The molecule has 0 heterocycles. The van der Waals surface area contributed by atoms with Crippen molar-refractivity contribution >= 4 is 27.5 Å². The van der Waals surface area contributed by atoms with Crippen LogP contribution in [0, 0.1) is 0 Å². The van der Waals surface area contributed by atoms with Gasteiger partial charge in [-0.3, -0.25) is 4.72 Å². The van der Waals surface area contributed by atoms with Crippen molar-refractivity contribution in [3.05, 3.63) is 23.2 Å². The lowest BCUT2D eigenvalue weighted by Crippen LogP contribution is -2.43. The van der Waals surface area contributed by atoms with Crippen molar-refractivity contribution < 1.29 is 13.5 Å². The second-order valence-electron chi connectivity index (χ2n) is 4.62. The Balaban J connectivity index is 2.91. The van der Waals surface area contributed by atoms with Crippen LogP contribution in [0.5, 0.6) is 5.75 Å². The fourth-order valence-electron chi connectivity index (χ4n) is 1.16. The van der Waals surface area contributed by atoms with E-state index in [1.54, 1.807) is 20.8 Å². The third-order valence-corrected chi connectivity index (χ3v) is 3.25. The standard InChI is InChI=1S/C10H15ClN2O3S/c1-10(2,3)13-17(15,16)12-8-5-4-7(11)6-9(8)14/h4-6,12-14H,1-3H3. The molecule has 0 aliphatic rings. The molecule has 0 saturated heterocycles. The molecule has 1 aromatic carbocycles. The van der Waals surface area contributed by atoms with E-state index in [4.69, 9.17) is 11.6 Å². The van der Waals surface area contributed by atoms with Gasteiger partial charge in [0.1, 0.15) is 5.75 Å². The molecule has 0 spiro atoms. The first kappa shape index (κ1) is 14.1. The largest absolute Gasteiger partial charge is 0.506 e. The van der Waals surface area contributed by atoms with E-state index >= 15 is 0 Å². The quantitative estimate of drug-likeness (QED) is 0.741. The second kappa shape index (κ2) is 4.72. The molecule has 0 aromatic heterocycles. The van der Waals surface area contributed by atoms with Crippen molar-refractivity contribution in [3.63, 3.8) is 0 Å². The highest BCUT2D eigenvalue weighted by atomic mass is 35.5. The summed E-state index contributed by atoms with van der Waals surface area (Å²) in [5, 5.41) is 9.84. The summed E-state index contributed by atoms with van der Waals surface area (Å²) < 4.78 is 28.0. The summed E-state index contributed by atoms with van der Waals surface area (Å²) in [6.07, 6.45) is 0. The van der Waals surface area contributed by atoms with E-state index in [0.29, 0.717) is 5.02 Å². The van der Waals surface area contributed by atoms with Crippen molar-refractivity contribution in [2.75, 3.05) is 4.72 Å². The molecule has 0 aliphatic heterocycles. The van der Waals surface area contributed by atoms with Gasteiger partial charge in [-0.1, -0.05) is 11.6 Å². The van der Waals surface area contributed by atoms with Crippen LogP contribution in [-0.2, 0) is 10.2 Å². The van der Waals surface area contributed by atoms with Gasteiger partial charge in [0, 0.05) is 16.6 Å². The Morgan fingerprint density at radius 1 is 1.29 bits per heavy atom. The molecular formula is C10H15ClN2O3S. The number of phenolic OH excluding ortho intramolecular Hbond substituents is 1. The zero-order chi connectivity index (χ0) is 13.3. The van der Waals surface area contributed by atoms with Gasteiger partial charge in [-0.15, -0.1) is 0 Å². The van der Waals surface area contributed by atoms with Crippen molar-refractivity contribution in [2.45, 2.75) is 26.3 Å². The Morgan fingerprint density at radius 3 is 2.35 bits per heavy atom. The van der Waals surface area contributed by atoms with Crippen LogP contribution < -0.4 is 9.44 Å². The minimum atomic E-state index is -3.73. The average Bonchev–Trinajstić information content (AvgIpc) is 2.05. The summed E-state index contributed by atoms with van der Waals surface area (Å²) in [6, 6.07) is 4.13. The van der Waals surface area contributed by atoms with Crippen LogP contribution in [0.4, 0.5) is 5.69 Å². The fraction of sp³-hybridized carbons (Fsp3) is 0.400. The Hall–Kier alpha value is -0.980. The van der Waals surface area contributed by atoms with Gasteiger partial charge in [0.15, 0.2) is 0 Å². The van der Waals surface area contributed by atoms with Crippen LogP contribution in [0.25, 0.3) is 0 Å². The Kier molecular flexibility index (Phi) is 3.91. The highest BCUT2D eigenvalue weighted by Crippen LogP contribution is 2.27. The molecule has 0 unspecified atom stereocenters. The molecule has 0 amide bonds. The third-order valence-electron chi connectivity index (χ3n) is 1.64. The number of rotatable bonds is 3. The maximum atomic E-state index is 11.7. The van der Waals surface area contributed by atoms with Gasteiger partial charge in [0.2, 0.25) is 0 Å². The number of phenols is 1. The summed E-state index contributed by atoms with van der Waals surface area (Å²) >= 11 is 5.64. The zero-order valence-electron chi connectivity index (χ0n) is 9.78. The number of aromatic hydroxyl groups is 1. The molecule has 1 aromatic rings. The number of hydrogen-bond acceptors (Lipinski definition) is 3. The maximum Gasteiger partial charge on any atom is 0.299 e. The molecule has 0 fully saturated rings. The predicted octanol–water partition coefficient (Wildman–Crippen LogP) is 2.09. The van der Waals surface area contributed by atoms with E-state index in [9.17, 15) is 13.5 Å². The smallest absolute Gasteiger partial charge is 0.299 e. The van der Waals surface area contributed by atoms with Gasteiger partial charge < -0.3 is 5.11 Å². The molecular weight excluding hydrogens is 264 g/mol. The van der Waals surface area contributed by atoms with Crippen molar-refractivity contribution in [3.8, 4) is 5.75 Å². The van der Waals surface area contributed by atoms with E-state index in [1.165, 1.54) is 18.2 Å². The number of benzene rings is 1. The molecule has 3 N–H and O–H groups in total. The van der Waals surface area contributed by atoms with E-state index < -0.39 is 15.7 Å². The molecule has 0 atom stereocenters. The van der Waals surface area contributed by atoms with E-state index in [2.05, 4.69) is 9.44 Å². The number of anilines is 1. The molecule has 0 saturated carbocycles. The van der Waals surface area contributed by atoms with Gasteiger partial charge in [-0.2, -0.15) is 13.1 Å². The number of halogens is 1. The lowest BCUT2D eigenvalue weighted by atomic mass is 10.1. The maximum absolute atomic E-state index is 11.7. The van der Waals surface area contributed by atoms with Crippen LogP contribution in [0.1, 0.15) is 20.8 Å². The topological polar surface area (TPSA) is 78.4 Å². The molecule has 1 rings (SSSR count). The SMILES string of the molecule is CC(C)(C)NS(=O)(=O)Nc1ccc(Cl)cc1O. The van der Waals surface area contributed by atoms with Crippen molar-refractivity contribution in [2.24, 2.45) is 0 Å². The first-order valence-corrected chi connectivity index (χ1v) is 6.75. The number of hydrogen-bond donors (Lipinski definition) is 3. The Labute approximate surface area is 106 Å². The van der Waals surface area contributed by atoms with Gasteiger partial charge in [-0.25, -0.2) is 0 Å². The highest BCUT2D eigenvalue weighted by molar-refractivity contribution is 7.90. The lowest BCUT2D eigenvalue weighted by molar-refractivity contribution is 0.476. The molecule has 5 nitrogen and oxygen atoms in total. The molecule has 96 valence electrons. The monoisotopic (exact) mass is 278 g/mol. The van der Waals surface area contributed by atoms with Gasteiger partial charge in [0.05, 0.1) is 5.69 Å². The summed E-state index contributed by atoms with van der Waals surface area (Å²) in [5.74, 6) is -0.225. The van der Waals surface area contributed by atoms with E-state index in [-0.39, 0.29) is 11.4 Å². The minimum Gasteiger partial charge on any atom is -0.506 e. The fourth-order valence-corrected chi connectivity index (χ4v) is 2.65. The first-order valence-electron chi connectivity index (χ1n) is 4.89. The normalized spacial score (nSPS) is 12.5. The van der Waals surface area contributed by atoms with Gasteiger partial charge >= 0.3 is 0 Å².